The number of aryl methyl sites for hydroxylation is 1. The molecule has 24 heavy (non-hydrogen) atoms. The van der Waals surface area contributed by atoms with Crippen LogP contribution in [0.2, 0.25) is 5.02 Å². The third-order valence-electron chi connectivity index (χ3n) is 2.98. The molecular weight excluding hydrogens is 366 g/mol. The van der Waals surface area contributed by atoms with Gasteiger partial charge in [0.2, 0.25) is 5.91 Å². The van der Waals surface area contributed by atoms with Gasteiger partial charge in [-0.3, -0.25) is 4.79 Å². The van der Waals surface area contributed by atoms with Gasteiger partial charge in [-0.1, -0.05) is 11.6 Å². The molecule has 0 aliphatic rings. The van der Waals surface area contributed by atoms with E-state index in [1.165, 1.54) is 22.7 Å². The molecule has 8 heteroatoms. The van der Waals surface area contributed by atoms with Crippen LogP contribution in [-0.2, 0) is 17.8 Å². The van der Waals surface area contributed by atoms with E-state index in [9.17, 15) is 4.79 Å². The van der Waals surface area contributed by atoms with Crippen molar-refractivity contribution in [2.24, 2.45) is 0 Å². The zero-order chi connectivity index (χ0) is 16.9. The number of thiazole rings is 2. The van der Waals surface area contributed by atoms with Crippen molar-refractivity contribution in [3.05, 3.63) is 56.4 Å². The summed E-state index contributed by atoms with van der Waals surface area (Å²) in [4.78, 5) is 21.6. The Bertz CT molecular complexity index is 830. The van der Waals surface area contributed by atoms with Crippen LogP contribution in [0.4, 0.5) is 5.13 Å². The van der Waals surface area contributed by atoms with E-state index in [0.717, 1.165) is 21.3 Å². The fourth-order valence-corrected chi connectivity index (χ4v) is 3.42. The molecule has 2 aromatic heterocycles. The van der Waals surface area contributed by atoms with Crippen molar-refractivity contribution in [2.75, 3.05) is 5.32 Å². The fourth-order valence-electron chi connectivity index (χ4n) is 1.91. The summed E-state index contributed by atoms with van der Waals surface area (Å²) >= 11 is 8.75. The highest BCUT2D eigenvalue weighted by Crippen LogP contribution is 2.19. The van der Waals surface area contributed by atoms with Crippen LogP contribution in [0, 0.1) is 6.92 Å². The second kappa shape index (κ2) is 7.74. The molecule has 0 fully saturated rings. The lowest BCUT2D eigenvalue weighted by Crippen LogP contribution is -2.14. The summed E-state index contributed by atoms with van der Waals surface area (Å²) in [6.45, 7) is 2.31. The van der Waals surface area contributed by atoms with Gasteiger partial charge in [0.05, 0.1) is 12.1 Å². The van der Waals surface area contributed by atoms with Crippen LogP contribution >= 0.6 is 34.3 Å². The molecule has 0 radical (unpaired) electrons. The van der Waals surface area contributed by atoms with E-state index in [0.29, 0.717) is 16.8 Å². The topological polar surface area (TPSA) is 64.1 Å². The molecular formula is C16H14ClN3O2S2. The summed E-state index contributed by atoms with van der Waals surface area (Å²) in [5.74, 6) is 0.604. The van der Waals surface area contributed by atoms with Crippen LogP contribution in [0.25, 0.3) is 0 Å². The summed E-state index contributed by atoms with van der Waals surface area (Å²) < 4.78 is 5.64. The Hall–Kier alpha value is -1.96. The number of halogens is 1. The van der Waals surface area contributed by atoms with Gasteiger partial charge < -0.3 is 10.1 Å². The maximum Gasteiger partial charge on any atom is 0.232 e. The molecule has 0 saturated heterocycles. The van der Waals surface area contributed by atoms with Crippen molar-refractivity contribution >= 4 is 45.3 Å². The van der Waals surface area contributed by atoms with Crippen molar-refractivity contribution in [2.45, 2.75) is 20.0 Å². The lowest BCUT2D eigenvalue weighted by Gasteiger charge is -2.03. The van der Waals surface area contributed by atoms with Crippen molar-refractivity contribution < 1.29 is 9.53 Å². The number of carbonyl (C=O) groups excluding carboxylic acids is 1. The number of aromatic nitrogens is 2. The van der Waals surface area contributed by atoms with Crippen LogP contribution in [0.15, 0.2) is 35.8 Å². The predicted octanol–water partition coefficient (Wildman–Crippen LogP) is 4.32. The minimum absolute atomic E-state index is 0.125. The van der Waals surface area contributed by atoms with Crippen molar-refractivity contribution in [1.82, 2.24) is 9.97 Å². The summed E-state index contributed by atoms with van der Waals surface area (Å²) in [7, 11) is 0. The van der Waals surface area contributed by atoms with Crippen LogP contribution in [-0.4, -0.2) is 15.9 Å². The van der Waals surface area contributed by atoms with E-state index in [1.54, 1.807) is 30.5 Å². The van der Waals surface area contributed by atoms with E-state index in [4.69, 9.17) is 16.3 Å². The molecule has 0 saturated carbocycles. The average molecular weight is 380 g/mol. The molecule has 5 nitrogen and oxygen atoms in total. The highest BCUT2D eigenvalue weighted by molar-refractivity contribution is 7.15. The van der Waals surface area contributed by atoms with Gasteiger partial charge in [0.15, 0.2) is 5.13 Å². The Morgan fingerprint density at radius 1 is 1.33 bits per heavy atom. The van der Waals surface area contributed by atoms with Crippen LogP contribution in [0.1, 0.15) is 15.6 Å². The Morgan fingerprint density at radius 2 is 2.12 bits per heavy atom. The molecule has 0 spiro atoms. The second-order valence-corrected chi connectivity index (χ2v) is 7.59. The summed E-state index contributed by atoms with van der Waals surface area (Å²) in [6.07, 6.45) is 1.95. The third kappa shape index (κ3) is 4.77. The highest BCUT2D eigenvalue weighted by atomic mass is 35.5. The van der Waals surface area contributed by atoms with Crippen molar-refractivity contribution in [3.8, 4) is 5.75 Å². The highest BCUT2D eigenvalue weighted by Gasteiger charge is 2.10. The van der Waals surface area contributed by atoms with Gasteiger partial charge in [0, 0.05) is 21.5 Å². The zero-order valence-electron chi connectivity index (χ0n) is 12.8. The predicted molar refractivity (Wildman–Crippen MR) is 97.1 cm³/mol. The number of hydrogen-bond donors (Lipinski definition) is 1. The van der Waals surface area contributed by atoms with E-state index in [-0.39, 0.29) is 12.3 Å². The number of nitrogens with one attached hydrogen (secondary N) is 1. The number of nitrogens with zero attached hydrogens (tertiary/aromatic N) is 2. The van der Waals surface area contributed by atoms with E-state index < -0.39 is 0 Å². The number of carbonyl (C=O) groups is 1. The molecule has 2 heterocycles. The first-order valence-electron chi connectivity index (χ1n) is 7.12. The Labute approximate surface area is 152 Å². The Balaban J connectivity index is 1.51. The summed E-state index contributed by atoms with van der Waals surface area (Å²) in [5, 5.41) is 6.74. The lowest BCUT2D eigenvalue weighted by molar-refractivity contribution is -0.115. The molecule has 124 valence electrons. The maximum absolute atomic E-state index is 12.0. The minimum Gasteiger partial charge on any atom is -0.486 e. The molecule has 1 amide bonds. The van der Waals surface area contributed by atoms with Gasteiger partial charge in [-0.05, 0) is 31.2 Å². The summed E-state index contributed by atoms with van der Waals surface area (Å²) in [6, 6.07) is 7.16. The monoisotopic (exact) mass is 379 g/mol. The number of benzene rings is 1. The van der Waals surface area contributed by atoms with Crippen molar-refractivity contribution in [1.29, 1.82) is 0 Å². The van der Waals surface area contributed by atoms with Gasteiger partial charge >= 0.3 is 0 Å². The number of amides is 1. The molecule has 0 aliphatic heterocycles. The number of hydrogen-bond acceptors (Lipinski definition) is 6. The zero-order valence-corrected chi connectivity index (χ0v) is 15.2. The second-order valence-electron chi connectivity index (χ2n) is 4.98. The summed E-state index contributed by atoms with van der Waals surface area (Å²) in [5.41, 5.74) is 0.723. The normalized spacial score (nSPS) is 10.6. The largest absolute Gasteiger partial charge is 0.486 e. The Kier molecular flexibility index (Phi) is 5.44. The van der Waals surface area contributed by atoms with E-state index in [1.807, 2.05) is 12.3 Å². The smallest absolute Gasteiger partial charge is 0.232 e. The molecule has 0 bridgehead atoms. The first kappa shape index (κ1) is 16.9. The van der Waals surface area contributed by atoms with Crippen molar-refractivity contribution in [3.63, 3.8) is 0 Å². The quantitative estimate of drug-likeness (QED) is 0.692. The first-order chi connectivity index (χ1) is 11.6. The van der Waals surface area contributed by atoms with E-state index in [2.05, 4.69) is 15.3 Å². The number of rotatable bonds is 6. The Morgan fingerprint density at radius 3 is 2.83 bits per heavy atom. The standard InChI is InChI=1S/C16H14ClN3O2S2/c1-10-7-18-16(24-10)20-14(21)6-12-9-23-15(19-12)8-22-13-4-2-11(17)3-5-13/h2-5,7,9H,6,8H2,1H3,(H,18,20,21). The SMILES string of the molecule is Cc1cnc(NC(=O)Cc2csc(COc3ccc(Cl)cc3)n2)s1. The molecule has 0 atom stereocenters. The van der Waals surface area contributed by atoms with Gasteiger partial charge in [-0.15, -0.1) is 22.7 Å². The van der Waals surface area contributed by atoms with E-state index >= 15 is 0 Å². The van der Waals surface area contributed by atoms with Crippen LogP contribution in [0.5, 0.6) is 5.75 Å². The number of ether oxygens (including phenoxy) is 1. The molecule has 0 aliphatic carbocycles. The average Bonchev–Trinajstić information content (AvgIpc) is 3.16. The van der Waals surface area contributed by atoms with Gasteiger partial charge in [0.25, 0.3) is 0 Å². The lowest BCUT2D eigenvalue weighted by atomic mass is 10.3. The molecule has 1 aromatic carbocycles. The fraction of sp³-hybridized carbons (Fsp3) is 0.188. The van der Waals surface area contributed by atoms with Gasteiger partial charge in [0.1, 0.15) is 17.4 Å². The first-order valence-corrected chi connectivity index (χ1v) is 9.20. The molecule has 1 N–H and O–H groups in total. The van der Waals surface area contributed by atoms with Gasteiger partial charge in [-0.2, -0.15) is 0 Å². The third-order valence-corrected chi connectivity index (χ3v) is 4.94. The van der Waals surface area contributed by atoms with Crippen LogP contribution < -0.4 is 10.1 Å². The van der Waals surface area contributed by atoms with Gasteiger partial charge in [-0.25, -0.2) is 9.97 Å². The molecule has 0 unspecified atom stereocenters. The van der Waals surface area contributed by atoms with Crippen LogP contribution in [0.3, 0.4) is 0 Å². The minimum atomic E-state index is -0.125. The number of anilines is 1. The molecule has 3 rings (SSSR count). The molecule has 3 aromatic rings. The maximum atomic E-state index is 12.0.